The minimum Gasteiger partial charge on any atom is -0.366 e. The molecule has 2 aromatic carbocycles. The average Bonchev–Trinajstić information content (AvgIpc) is 3.05. The number of anilines is 1. The molecule has 1 N–H and O–H groups in total. The van der Waals surface area contributed by atoms with Crippen LogP contribution in [-0.4, -0.2) is 9.78 Å². The molecule has 0 atom stereocenters. The fourth-order valence-corrected chi connectivity index (χ4v) is 2.81. The summed E-state index contributed by atoms with van der Waals surface area (Å²) in [5.41, 5.74) is 2.71. The minimum atomic E-state index is -4.35. The summed E-state index contributed by atoms with van der Waals surface area (Å²) in [4.78, 5) is 0. The Morgan fingerprint density at radius 3 is 2.25 bits per heavy atom. The summed E-state index contributed by atoms with van der Waals surface area (Å²) in [5.74, 6) is 0.742. The average molecular weight is 387 g/mol. The molecule has 0 saturated carbocycles. The molecule has 0 radical (unpaired) electrons. The summed E-state index contributed by atoms with van der Waals surface area (Å²) in [5, 5.41) is 7.97. The van der Waals surface area contributed by atoms with Crippen molar-refractivity contribution >= 4 is 5.82 Å². The third-order valence-corrected chi connectivity index (χ3v) is 4.48. The van der Waals surface area contributed by atoms with Gasteiger partial charge in [-0.05, 0) is 36.8 Å². The summed E-state index contributed by atoms with van der Waals surface area (Å²) in [7, 11) is 0. The Labute approximate surface area is 163 Å². The summed E-state index contributed by atoms with van der Waals surface area (Å²) < 4.78 is 40.6. The highest BCUT2D eigenvalue weighted by molar-refractivity contribution is 5.48. The first kappa shape index (κ1) is 20.0. The lowest BCUT2D eigenvalue weighted by atomic mass is 9.92. The number of rotatable bonds is 4. The molecule has 3 aromatic rings. The number of halogens is 3. The van der Waals surface area contributed by atoms with E-state index in [0.29, 0.717) is 5.56 Å². The zero-order chi connectivity index (χ0) is 20.5. The Morgan fingerprint density at radius 1 is 0.964 bits per heavy atom. The van der Waals surface area contributed by atoms with Crippen molar-refractivity contribution in [3.05, 3.63) is 77.0 Å². The van der Waals surface area contributed by atoms with Crippen LogP contribution in [0.5, 0.6) is 0 Å². The van der Waals surface area contributed by atoms with Gasteiger partial charge < -0.3 is 5.32 Å². The molecule has 6 heteroatoms. The number of hydrogen-bond acceptors (Lipinski definition) is 2. The van der Waals surface area contributed by atoms with Crippen LogP contribution in [0.25, 0.3) is 5.69 Å². The Kier molecular flexibility index (Phi) is 5.24. The van der Waals surface area contributed by atoms with Crippen molar-refractivity contribution in [3.8, 4) is 5.69 Å². The van der Waals surface area contributed by atoms with Crippen molar-refractivity contribution in [1.29, 1.82) is 0 Å². The number of hydrogen-bond donors (Lipinski definition) is 1. The van der Waals surface area contributed by atoms with Crippen LogP contribution >= 0.6 is 0 Å². The third-order valence-electron chi connectivity index (χ3n) is 4.48. The van der Waals surface area contributed by atoms with Crippen LogP contribution in [0.15, 0.2) is 54.6 Å². The van der Waals surface area contributed by atoms with Crippen LogP contribution in [0.2, 0.25) is 0 Å². The molecule has 1 aromatic heterocycles. The van der Waals surface area contributed by atoms with Gasteiger partial charge in [-0.1, -0.05) is 50.6 Å². The first-order valence-corrected chi connectivity index (χ1v) is 9.11. The summed E-state index contributed by atoms with van der Waals surface area (Å²) >= 11 is 0. The molecule has 0 fully saturated rings. The zero-order valence-corrected chi connectivity index (χ0v) is 16.4. The molecule has 0 spiro atoms. The first-order chi connectivity index (χ1) is 13.0. The van der Waals surface area contributed by atoms with Gasteiger partial charge in [-0.25, -0.2) is 4.68 Å². The minimum absolute atomic E-state index is 0.150. The quantitative estimate of drug-likeness (QED) is 0.585. The molecule has 0 aliphatic carbocycles. The van der Waals surface area contributed by atoms with Gasteiger partial charge in [0.05, 0.1) is 16.9 Å². The van der Waals surface area contributed by atoms with E-state index in [0.717, 1.165) is 28.8 Å². The number of benzene rings is 2. The molecular formula is C22H24F3N3. The van der Waals surface area contributed by atoms with E-state index in [-0.39, 0.29) is 12.0 Å². The monoisotopic (exact) mass is 387 g/mol. The maximum atomic E-state index is 12.9. The molecule has 0 aliphatic rings. The Balaban J connectivity index is 1.91. The lowest BCUT2D eigenvalue weighted by Gasteiger charge is -2.14. The Hall–Kier alpha value is -2.76. The van der Waals surface area contributed by atoms with Crippen molar-refractivity contribution in [3.63, 3.8) is 0 Å². The van der Waals surface area contributed by atoms with Gasteiger partial charge >= 0.3 is 6.18 Å². The maximum absolute atomic E-state index is 12.9. The van der Waals surface area contributed by atoms with E-state index in [4.69, 9.17) is 5.10 Å². The highest BCUT2D eigenvalue weighted by Gasteiger charge is 2.30. The van der Waals surface area contributed by atoms with Crippen LogP contribution in [0, 0.1) is 6.92 Å². The number of aryl methyl sites for hydroxylation is 1. The second-order valence-corrected chi connectivity index (χ2v) is 7.96. The number of aromatic nitrogens is 2. The van der Waals surface area contributed by atoms with Gasteiger partial charge in [-0.2, -0.15) is 18.3 Å². The van der Waals surface area contributed by atoms with E-state index >= 15 is 0 Å². The van der Waals surface area contributed by atoms with Crippen molar-refractivity contribution in [2.75, 3.05) is 5.32 Å². The maximum Gasteiger partial charge on any atom is 0.416 e. The third kappa shape index (κ3) is 4.55. The molecule has 0 aliphatic heterocycles. The van der Waals surface area contributed by atoms with E-state index in [1.807, 2.05) is 37.3 Å². The van der Waals surface area contributed by atoms with Gasteiger partial charge in [0, 0.05) is 18.0 Å². The highest BCUT2D eigenvalue weighted by atomic mass is 19.4. The molecule has 0 bridgehead atoms. The number of nitrogens with one attached hydrogen (secondary N) is 1. The fraction of sp³-hybridized carbons (Fsp3) is 0.318. The summed E-state index contributed by atoms with van der Waals surface area (Å²) in [6, 6.07) is 15.3. The van der Waals surface area contributed by atoms with Crippen LogP contribution in [-0.2, 0) is 18.1 Å². The lowest BCUT2D eigenvalue weighted by molar-refractivity contribution is -0.137. The summed E-state index contributed by atoms with van der Waals surface area (Å²) in [6.07, 6.45) is -4.35. The standard InChI is InChI=1S/C22H24F3N3/c1-15-8-10-18(11-9-15)28-20(13-19(27-28)21(2,3)4)26-14-16-6-5-7-17(12-16)22(23,24)25/h5-13,26H,14H2,1-4H3. The van der Waals surface area contributed by atoms with Crippen molar-refractivity contribution in [2.45, 2.75) is 45.8 Å². The van der Waals surface area contributed by atoms with Crippen molar-refractivity contribution in [1.82, 2.24) is 9.78 Å². The van der Waals surface area contributed by atoms with E-state index < -0.39 is 11.7 Å². The van der Waals surface area contributed by atoms with Crippen molar-refractivity contribution in [2.24, 2.45) is 0 Å². The van der Waals surface area contributed by atoms with Gasteiger partial charge in [0.2, 0.25) is 0 Å². The van der Waals surface area contributed by atoms with Gasteiger partial charge in [-0.15, -0.1) is 0 Å². The van der Waals surface area contributed by atoms with Gasteiger partial charge in [0.25, 0.3) is 0 Å². The van der Waals surface area contributed by atoms with Crippen LogP contribution in [0.4, 0.5) is 19.0 Å². The van der Waals surface area contributed by atoms with Crippen molar-refractivity contribution < 1.29 is 13.2 Å². The molecule has 0 saturated heterocycles. The first-order valence-electron chi connectivity index (χ1n) is 9.11. The highest BCUT2D eigenvalue weighted by Crippen LogP contribution is 2.30. The smallest absolute Gasteiger partial charge is 0.366 e. The predicted octanol–water partition coefficient (Wildman–Crippen LogP) is 6.11. The molecule has 1 heterocycles. The van der Waals surface area contributed by atoms with Gasteiger partial charge in [0.15, 0.2) is 0 Å². The Morgan fingerprint density at radius 2 is 1.64 bits per heavy atom. The van der Waals surface area contributed by atoms with E-state index in [1.54, 1.807) is 10.7 Å². The SMILES string of the molecule is Cc1ccc(-n2nc(C(C)(C)C)cc2NCc2cccc(C(F)(F)F)c2)cc1. The van der Waals surface area contributed by atoms with E-state index in [9.17, 15) is 13.2 Å². The van der Waals surface area contributed by atoms with E-state index in [1.165, 1.54) is 12.1 Å². The van der Waals surface area contributed by atoms with Gasteiger partial charge in [0.1, 0.15) is 5.82 Å². The molecule has 0 amide bonds. The lowest BCUT2D eigenvalue weighted by Crippen LogP contribution is -2.12. The number of nitrogens with zero attached hydrogens (tertiary/aromatic N) is 2. The zero-order valence-electron chi connectivity index (χ0n) is 16.4. The molecule has 3 rings (SSSR count). The van der Waals surface area contributed by atoms with Gasteiger partial charge in [-0.3, -0.25) is 0 Å². The topological polar surface area (TPSA) is 29.9 Å². The molecule has 148 valence electrons. The number of alkyl halides is 3. The second kappa shape index (κ2) is 7.34. The van der Waals surface area contributed by atoms with Crippen LogP contribution in [0.3, 0.4) is 0 Å². The molecule has 0 unspecified atom stereocenters. The predicted molar refractivity (Wildman–Crippen MR) is 106 cm³/mol. The van der Waals surface area contributed by atoms with E-state index in [2.05, 4.69) is 26.1 Å². The summed E-state index contributed by atoms with van der Waals surface area (Å²) in [6.45, 7) is 8.51. The normalized spacial score (nSPS) is 12.2. The van der Waals surface area contributed by atoms with Crippen LogP contribution in [0.1, 0.15) is 43.2 Å². The Bertz CT molecular complexity index is 948. The largest absolute Gasteiger partial charge is 0.416 e. The second-order valence-electron chi connectivity index (χ2n) is 7.96. The molecular weight excluding hydrogens is 363 g/mol. The molecule has 28 heavy (non-hydrogen) atoms. The van der Waals surface area contributed by atoms with Crippen LogP contribution < -0.4 is 5.32 Å². The molecule has 3 nitrogen and oxygen atoms in total. The fourth-order valence-electron chi connectivity index (χ4n) is 2.81.